The number of carbonyl (C=O) groups is 2. The van der Waals surface area contributed by atoms with E-state index in [-0.39, 0.29) is 33.5 Å². The number of para-hydroxylation sites is 1. The Bertz CT molecular complexity index is 1280. The number of hydrogen-bond donors (Lipinski definition) is 1. The number of rotatable bonds is 5. The van der Waals surface area contributed by atoms with Crippen LogP contribution in [0, 0.1) is 0 Å². The highest BCUT2D eigenvalue weighted by Gasteiger charge is 2.31. The van der Waals surface area contributed by atoms with Crippen molar-refractivity contribution < 1.29 is 18.0 Å². The molecule has 0 spiro atoms. The number of benzene rings is 3. The molecular formula is C24H21NO4S. The Morgan fingerprint density at radius 1 is 0.800 bits per heavy atom. The van der Waals surface area contributed by atoms with Crippen LogP contribution in [0.1, 0.15) is 63.6 Å². The maximum atomic E-state index is 13.1. The summed E-state index contributed by atoms with van der Waals surface area (Å²) < 4.78 is 28.8. The molecule has 6 heteroatoms. The molecule has 152 valence electrons. The van der Waals surface area contributed by atoms with Crippen LogP contribution in [0.3, 0.4) is 0 Å². The summed E-state index contributed by atoms with van der Waals surface area (Å²) in [6, 6.07) is 17.9. The smallest absolute Gasteiger partial charge is 0.261 e. The number of sulfonamides is 1. The topological polar surface area (TPSA) is 80.3 Å². The van der Waals surface area contributed by atoms with E-state index in [0.29, 0.717) is 16.8 Å². The zero-order chi connectivity index (χ0) is 21.5. The minimum Gasteiger partial charge on any atom is -0.289 e. The van der Waals surface area contributed by atoms with E-state index in [2.05, 4.69) is 4.72 Å². The molecule has 1 unspecified atom stereocenters. The van der Waals surface area contributed by atoms with Gasteiger partial charge in [-0.2, -0.15) is 0 Å². The molecule has 1 aliphatic carbocycles. The van der Waals surface area contributed by atoms with E-state index in [1.54, 1.807) is 36.4 Å². The van der Waals surface area contributed by atoms with Crippen molar-refractivity contribution in [1.82, 2.24) is 0 Å². The molecule has 5 nitrogen and oxygen atoms in total. The molecule has 0 saturated heterocycles. The molecule has 3 aromatic rings. The van der Waals surface area contributed by atoms with E-state index in [4.69, 9.17) is 0 Å². The molecule has 0 saturated carbocycles. The lowest BCUT2D eigenvalue weighted by Crippen LogP contribution is -2.22. The fourth-order valence-corrected chi connectivity index (χ4v) is 4.80. The van der Waals surface area contributed by atoms with Crippen LogP contribution in [0.15, 0.2) is 71.6 Å². The summed E-state index contributed by atoms with van der Waals surface area (Å²) in [5, 5.41) is 0. The molecule has 1 atom stereocenters. The van der Waals surface area contributed by atoms with E-state index < -0.39 is 10.0 Å². The zero-order valence-corrected chi connectivity index (χ0v) is 17.5. The molecule has 0 radical (unpaired) electrons. The van der Waals surface area contributed by atoms with Gasteiger partial charge < -0.3 is 0 Å². The lowest BCUT2D eigenvalue weighted by Gasteiger charge is -2.19. The van der Waals surface area contributed by atoms with Gasteiger partial charge in [-0.25, -0.2) is 8.42 Å². The normalized spacial score (nSPS) is 14.1. The van der Waals surface area contributed by atoms with Crippen molar-refractivity contribution in [2.75, 3.05) is 4.72 Å². The quantitative estimate of drug-likeness (QED) is 0.505. The first-order valence-corrected chi connectivity index (χ1v) is 11.3. The third kappa shape index (κ3) is 3.33. The molecule has 0 aromatic heterocycles. The Hall–Kier alpha value is -3.25. The maximum absolute atomic E-state index is 13.1. The molecule has 3 aromatic carbocycles. The predicted molar refractivity (Wildman–Crippen MR) is 116 cm³/mol. The van der Waals surface area contributed by atoms with Gasteiger partial charge in [0.1, 0.15) is 0 Å². The van der Waals surface area contributed by atoms with Crippen molar-refractivity contribution in [2.24, 2.45) is 0 Å². The van der Waals surface area contributed by atoms with Gasteiger partial charge in [-0.05, 0) is 42.2 Å². The fraction of sp³-hybridized carbons (Fsp3) is 0.167. The first-order chi connectivity index (χ1) is 14.3. The number of carbonyl (C=O) groups excluding carboxylic acids is 2. The molecule has 0 aliphatic heterocycles. The fourth-order valence-electron chi connectivity index (χ4n) is 3.69. The number of nitrogens with one attached hydrogen (secondary N) is 1. The first-order valence-electron chi connectivity index (χ1n) is 9.77. The number of fused-ring (bicyclic) bond motifs is 2. The molecule has 0 amide bonds. The highest BCUT2D eigenvalue weighted by atomic mass is 32.2. The van der Waals surface area contributed by atoms with Gasteiger partial charge in [-0.3, -0.25) is 14.3 Å². The van der Waals surface area contributed by atoms with Crippen LogP contribution in [-0.4, -0.2) is 20.0 Å². The van der Waals surface area contributed by atoms with Crippen LogP contribution < -0.4 is 4.72 Å². The highest BCUT2D eigenvalue weighted by molar-refractivity contribution is 7.92. The molecule has 1 aliphatic rings. The van der Waals surface area contributed by atoms with Gasteiger partial charge in [0.25, 0.3) is 10.0 Å². The van der Waals surface area contributed by atoms with Crippen molar-refractivity contribution in [3.63, 3.8) is 0 Å². The SMILES string of the molecule is CCC(C)c1ccccc1NS(=O)(=O)c1ccc2c(c1)C(=O)c1ccccc1C2=O. The predicted octanol–water partition coefficient (Wildman–Crippen LogP) is 4.78. The van der Waals surface area contributed by atoms with Crippen molar-refractivity contribution in [1.29, 1.82) is 0 Å². The van der Waals surface area contributed by atoms with Crippen molar-refractivity contribution in [3.8, 4) is 0 Å². The van der Waals surface area contributed by atoms with Gasteiger partial charge in [0, 0.05) is 22.3 Å². The minimum absolute atomic E-state index is 0.0549. The van der Waals surface area contributed by atoms with E-state index in [1.165, 1.54) is 18.2 Å². The number of anilines is 1. The third-order valence-corrected chi connectivity index (χ3v) is 6.92. The Morgan fingerprint density at radius 2 is 1.37 bits per heavy atom. The second kappa shape index (κ2) is 7.54. The summed E-state index contributed by atoms with van der Waals surface area (Å²) in [6.07, 6.45) is 0.869. The van der Waals surface area contributed by atoms with E-state index in [0.717, 1.165) is 12.0 Å². The van der Waals surface area contributed by atoms with Crippen LogP contribution in [0.2, 0.25) is 0 Å². The minimum atomic E-state index is -3.94. The summed E-state index contributed by atoms with van der Waals surface area (Å²) in [5.74, 6) is -0.445. The molecule has 0 bridgehead atoms. The molecule has 0 heterocycles. The molecule has 1 N–H and O–H groups in total. The Labute approximate surface area is 175 Å². The summed E-state index contributed by atoms with van der Waals surface area (Å²) in [4.78, 5) is 25.6. The van der Waals surface area contributed by atoms with Crippen LogP contribution in [0.25, 0.3) is 0 Å². The van der Waals surface area contributed by atoms with Crippen LogP contribution in [-0.2, 0) is 10.0 Å². The van der Waals surface area contributed by atoms with Gasteiger partial charge >= 0.3 is 0 Å². The highest BCUT2D eigenvalue weighted by Crippen LogP contribution is 2.31. The standard InChI is InChI=1S/C24H21NO4S/c1-3-15(2)17-8-6-7-11-22(17)25-30(28,29)16-12-13-20-21(14-16)24(27)19-10-5-4-9-18(19)23(20)26/h4-15,25H,3H2,1-2H3. The maximum Gasteiger partial charge on any atom is 0.261 e. The lowest BCUT2D eigenvalue weighted by molar-refractivity contribution is 0.0979. The number of hydrogen-bond acceptors (Lipinski definition) is 4. The Morgan fingerprint density at radius 3 is 2.03 bits per heavy atom. The molecule has 4 rings (SSSR count). The second-order valence-electron chi connectivity index (χ2n) is 7.41. The van der Waals surface area contributed by atoms with Crippen LogP contribution in [0.4, 0.5) is 5.69 Å². The monoisotopic (exact) mass is 419 g/mol. The largest absolute Gasteiger partial charge is 0.289 e. The lowest BCUT2D eigenvalue weighted by atomic mass is 9.84. The average molecular weight is 420 g/mol. The summed E-state index contributed by atoms with van der Waals surface area (Å²) in [5.41, 5.74) is 2.37. The third-order valence-electron chi connectivity index (χ3n) is 5.56. The zero-order valence-electron chi connectivity index (χ0n) is 16.7. The van der Waals surface area contributed by atoms with E-state index >= 15 is 0 Å². The summed E-state index contributed by atoms with van der Waals surface area (Å²) in [6.45, 7) is 4.08. The Balaban J connectivity index is 1.75. The molecular weight excluding hydrogens is 398 g/mol. The van der Waals surface area contributed by atoms with Gasteiger partial charge in [-0.15, -0.1) is 0 Å². The average Bonchev–Trinajstić information content (AvgIpc) is 2.76. The molecule has 0 fully saturated rings. The van der Waals surface area contributed by atoms with E-state index in [9.17, 15) is 18.0 Å². The van der Waals surface area contributed by atoms with Crippen molar-refractivity contribution >= 4 is 27.3 Å². The van der Waals surface area contributed by atoms with Crippen LogP contribution >= 0.6 is 0 Å². The van der Waals surface area contributed by atoms with Crippen molar-refractivity contribution in [2.45, 2.75) is 31.1 Å². The van der Waals surface area contributed by atoms with Crippen LogP contribution in [0.5, 0.6) is 0 Å². The molecule has 30 heavy (non-hydrogen) atoms. The summed E-state index contributed by atoms with van der Waals surface area (Å²) in [7, 11) is -3.94. The second-order valence-corrected chi connectivity index (χ2v) is 9.10. The van der Waals surface area contributed by atoms with Gasteiger partial charge in [0.15, 0.2) is 11.6 Å². The van der Waals surface area contributed by atoms with E-state index in [1.807, 2.05) is 26.0 Å². The van der Waals surface area contributed by atoms with Gasteiger partial charge in [0.05, 0.1) is 10.6 Å². The van der Waals surface area contributed by atoms with Crippen molar-refractivity contribution in [3.05, 3.63) is 94.5 Å². The number of ketones is 2. The van der Waals surface area contributed by atoms with Gasteiger partial charge in [0.2, 0.25) is 0 Å². The summed E-state index contributed by atoms with van der Waals surface area (Å²) >= 11 is 0. The first kappa shape index (κ1) is 20.0. The van der Waals surface area contributed by atoms with Gasteiger partial charge in [-0.1, -0.05) is 56.3 Å². The Kier molecular flexibility index (Phi) is 5.03.